The SMILES string of the molecule is NC(=O)[N+]S. The van der Waals surface area contributed by atoms with Crippen LogP contribution < -0.4 is 10.5 Å². The maximum Gasteiger partial charge on any atom is 0.538 e. The lowest BCUT2D eigenvalue weighted by Crippen LogP contribution is -2.14. The number of carbonyl (C=O) groups excluding carboxylic acids is 1. The van der Waals surface area contributed by atoms with Crippen LogP contribution in [0.15, 0.2) is 0 Å². The van der Waals surface area contributed by atoms with Gasteiger partial charge in [-0.05, 0) is 0 Å². The van der Waals surface area contributed by atoms with Crippen LogP contribution in [0.2, 0.25) is 0 Å². The predicted molar refractivity (Wildman–Crippen MR) is 20.7 cm³/mol. The predicted octanol–water partition coefficient (Wildman–Crippen LogP) is -0.486. The molecular weight excluding hydrogens is 88.1 g/mol. The largest absolute Gasteiger partial charge is 0.538 e. The minimum absolute atomic E-state index is 0.756. The molecule has 5 heavy (non-hydrogen) atoms. The molecule has 3 nitrogen and oxygen atoms in total. The summed E-state index contributed by atoms with van der Waals surface area (Å²) in [5, 5.41) is 0. The molecule has 4 heteroatoms. The normalized spacial score (nSPS) is 7.40. The summed E-state index contributed by atoms with van der Waals surface area (Å²) < 4.78 is 2.72. The van der Waals surface area contributed by atoms with Gasteiger partial charge in [0.15, 0.2) is 12.8 Å². The van der Waals surface area contributed by atoms with E-state index in [9.17, 15) is 4.79 Å². The van der Waals surface area contributed by atoms with Crippen molar-refractivity contribution in [3.63, 3.8) is 0 Å². The summed E-state index contributed by atoms with van der Waals surface area (Å²) in [7, 11) is 0. The molecule has 0 spiro atoms. The minimum atomic E-state index is -0.756. The van der Waals surface area contributed by atoms with Gasteiger partial charge in [0, 0.05) is 0 Å². The molecule has 0 aromatic heterocycles. The van der Waals surface area contributed by atoms with Crippen LogP contribution in [0.25, 0.3) is 0 Å². The highest BCUT2D eigenvalue weighted by molar-refractivity contribution is 7.78. The quantitative estimate of drug-likeness (QED) is 0.388. The van der Waals surface area contributed by atoms with Crippen molar-refractivity contribution in [2.24, 2.45) is 5.73 Å². The van der Waals surface area contributed by atoms with Crippen LogP contribution in [-0.2, 0) is 0 Å². The van der Waals surface area contributed by atoms with E-state index >= 15 is 0 Å². The van der Waals surface area contributed by atoms with E-state index in [1.54, 1.807) is 0 Å². The number of primary amides is 1. The van der Waals surface area contributed by atoms with Crippen LogP contribution in [-0.4, -0.2) is 6.03 Å². The van der Waals surface area contributed by atoms with Crippen LogP contribution in [0.1, 0.15) is 0 Å². The van der Waals surface area contributed by atoms with Crippen molar-refractivity contribution >= 4 is 18.8 Å². The first-order chi connectivity index (χ1) is 2.27. The summed E-state index contributed by atoms with van der Waals surface area (Å²) in [6.45, 7) is 0. The Morgan fingerprint density at radius 1 is 2.00 bits per heavy atom. The Morgan fingerprint density at radius 3 is 2.20 bits per heavy atom. The number of nitrogens with zero attached hydrogens (tertiary/aromatic N) is 1. The Kier molecular flexibility index (Phi) is 1.95. The van der Waals surface area contributed by atoms with Crippen LogP contribution in [0.5, 0.6) is 0 Å². The number of thiol groups is 1. The average molecular weight is 91.1 g/mol. The molecule has 0 atom stereocenters. The first-order valence-electron chi connectivity index (χ1n) is 0.916. The maximum atomic E-state index is 9.35. The number of nitrogens with two attached hydrogens (primary N) is 1. The smallest absolute Gasteiger partial charge is 0.308 e. The number of amides is 2. The average Bonchev–Trinajstić information content (AvgIpc) is 1.38. The molecule has 0 aromatic carbocycles. The molecule has 0 rings (SSSR count). The van der Waals surface area contributed by atoms with E-state index < -0.39 is 6.03 Å². The van der Waals surface area contributed by atoms with Crippen LogP contribution in [0.3, 0.4) is 0 Å². The van der Waals surface area contributed by atoms with Gasteiger partial charge in [-0.2, -0.15) is 4.79 Å². The van der Waals surface area contributed by atoms with Crippen molar-refractivity contribution in [2.45, 2.75) is 0 Å². The third kappa shape index (κ3) is 3.78. The lowest BCUT2D eigenvalue weighted by Gasteiger charge is -1.51. The molecule has 0 saturated carbocycles. The van der Waals surface area contributed by atoms with Gasteiger partial charge >= 0.3 is 6.03 Å². The summed E-state index contributed by atoms with van der Waals surface area (Å²) in [5.41, 5.74) is 4.41. The second-order valence-electron chi connectivity index (χ2n) is 0.438. The van der Waals surface area contributed by atoms with Crippen LogP contribution >= 0.6 is 12.8 Å². The van der Waals surface area contributed by atoms with E-state index in [0.29, 0.717) is 0 Å². The van der Waals surface area contributed by atoms with E-state index in [-0.39, 0.29) is 0 Å². The Morgan fingerprint density at radius 2 is 2.20 bits per heavy atom. The van der Waals surface area contributed by atoms with Gasteiger partial charge in [-0.3, -0.25) is 0 Å². The summed E-state index contributed by atoms with van der Waals surface area (Å²) in [4.78, 5) is 9.35. The minimum Gasteiger partial charge on any atom is -0.308 e. The molecule has 2 amide bonds. The molecular formula is CH3N2OS+. The second-order valence-corrected chi connectivity index (χ2v) is 0.638. The van der Waals surface area contributed by atoms with Gasteiger partial charge in [0.2, 0.25) is 4.72 Å². The van der Waals surface area contributed by atoms with Crippen LogP contribution in [0, 0.1) is 0 Å². The van der Waals surface area contributed by atoms with Crippen molar-refractivity contribution in [3.05, 3.63) is 0 Å². The fourth-order valence-corrected chi connectivity index (χ4v) is 0. The monoisotopic (exact) mass is 91.0 g/mol. The highest BCUT2D eigenvalue weighted by Crippen LogP contribution is 1.58. The van der Waals surface area contributed by atoms with E-state index in [1.807, 2.05) is 0 Å². The molecule has 0 fully saturated rings. The number of urea groups is 1. The van der Waals surface area contributed by atoms with E-state index in [4.69, 9.17) is 0 Å². The first kappa shape index (κ1) is 4.78. The topological polar surface area (TPSA) is 57.2 Å². The van der Waals surface area contributed by atoms with Gasteiger partial charge in [-0.25, -0.2) is 0 Å². The fraction of sp³-hybridized carbons (Fsp3) is 0. The van der Waals surface area contributed by atoms with Crippen molar-refractivity contribution in [2.75, 3.05) is 0 Å². The first-order valence-corrected chi connectivity index (χ1v) is 1.32. The molecule has 2 radical (unpaired) electrons. The third-order valence-corrected chi connectivity index (χ3v) is 0.296. The third-order valence-electron chi connectivity index (χ3n) is 0.0986. The highest BCUT2D eigenvalue weighted by Gasteiger charge is 2.02. The molecule has 2 N–H and O–H groups in total. The molecule has 0 heterocycles. The number of carbonyl (C=O) groups is 1. The Labute approximate surface area is 35.1 Å². The van der Waals surface area contributed by atoms with Crippen molar-refractivity contribution in [1.29, 1.82) is 0 Å². The van der Waals surface area contributed by atoms with Crippen molar-refractivity contribution in [3.8, 4) is 0 Å². The standard InChI is InChI=1S/CH3N2OS/c2-1(4)3-5/h5H,(H2,2,4)/q+1. The zero-order valence-electron chi connectivity index (χ0n) is 2.38. The van der Waals surface area contributed by atoms with Gasteiger partial charge in [-0.15, -0.1) is 0 Å². The summed E-state index contributed by atoms with van der Waals surface area (Å²) >= 11 is 3.17. The summed E-state index contributed by atoms with van der Waals surface area (Å²) in [6.07, 6.45) is 0. The van der Waals surface area contributed by atoms with E-state index in [1.165, 1.54) is 0 Å². The lowest BCUT2D eigenvalue weighted by atomic mass is 11.2. The van der Waals surface area contributed by atoms with E-state index in [0.717, 1.165) is 0 Å². The van der Waals surface area contributed by atoms with Crippen molar-refractivity contribution < 1.29 is 4.79 Å². The Hall–Kier alpha value is -0.220. The van der Waals surface area contributed by atoms with Gasteiger partial charge in [0.05, 0.1) is 0 Å². The fourth-order valence-electron chi connectivity index (χ4n) is 0. The molecule has 0 aliphatic carbocycles. The lowest BCUT2D eigenvalue weighted by molar-refractivity contribution is 0.254. The zero-order chi connectivity index (χ0) is 4.28. The Balaban J connectivity index is 2.85. The number of hydrogen-bond acceptors (Lipinski definition) is 2. The molecule has 0 unspecified atom stereocenters. The van der Waals surface area contributed by atoms with Gasteiger partial charge in [0.25, 0.3) is 0 Å². The second kappa shape index (κ2) is 2.04. The van der Waals surface area contributed by atoms with Gasteiger partial charge in [-0.1, -0.05) is 0 Å². The Bertz CT molecular complexity index is 44.9. The molecule has 28 valence electrons. The summed E-state index contributed by atoms with van der Waals surface area (Å²) in [5.74, 6) is 0. The molecule has 0 saturated heterocycles. The van der Waals surface area contributed by atoms with Gasteiger partial charge in [0.1, 0.15) is 0 Å². The van der Waals surface area contributed by atoms with Crippen LogP contribution in [0.4, 0.5) is 4.79 Å². The molecule has 0 bridgehead atoms. The van der Waals surface area contributed by atoms with E-state index in [2.05, 4.69) is 23.3 Å². The molecule has 0 aliphatic heterocycles. The highest BCUT2D eigenvalue weighted by atomic mass is 32.1. The van der Waals surface area contributed by atoms with Gasteiger partial charge < -0.3 is 5.73 Å². The van der Waals surface area contributed by atoms with Crippen molar-refractivity contribution in [1.82, 2.24) is 4.72 Å². The zero-order valence-corrected chi connectivity index (χ0v) is 3.27. The molecule has 0 aromatic rings. The number of hydrogen-bond donors (Lipinski definition) is 2. The summed E-state index contributed by atoms with van der Waals surface area (Å²) in [6, 6.07) is -0.756. The maximum absolute atomic E-state index is 9.35. The molecule has 0 aliphatic rings. The number of rotatable bonds is 0.